The van der Waals surface area contributed by atoms with E-state index >= 15 is 0 Å². The van der Waals surface area contributed by atoms with E-state index in [1.807, 2.05) is 19.9 Å². The first-order chi connectivity index (χ1) is 18.6. The highest BCUT2D eigenvalue weighted by molar-refractivity contribution is 7.89. The Kier molecular flexibility index (Phi) is 9.60. The molecule has 0 saturated carbocycles. The highest BCUT2D eigenvalue weighted by Gasteiger charge is 2.48. The molecular formula is C28H34Cl2N2O6S. The summed E-state index contributed by atoms with van der Waals surface area (Å²) in [5.74, 6) is -1.30. The average molecular weight is 598 g/mol. The zero-order chi connectivity index (χ0) is 28.3. The molecule has 0 spiro atoms. The summed E-state index contributed by atoms with van der Waals surface area (Å²) in [4.78, 5) is 28.0. The van der Waals surface area contributed by atoms with Gasteiger partial charge in [0.2, 0.25) is 10.0 Å². The van der Waals surface area contributed by atoms with Gasteiger partial charge in [-0.1, -0.05) is 54.4 Å². The van der Waals surface area contributed by atoms with E-state index in [1.54, 1.807) is 47.4 Å². The molecule has 0 radical (unpaired) electrons. The second kappa shape index (κ2) is 12.6. The van der Waals surface area contributed by atoms with Crippen LogP contribution in [0, 0.1) is 0 Å². The summed E-state index contributed by atoms with van der Waals surface area (Å²) in [7, 11) is -2.43. The molecule has 0 bridgehead atoms. The molecule has 8 nitrogen and oxygen atoms in total. The van der Waals surface area contributed by atoms with Crippen molar-refractivity contribution in [1.29, 1.82) is 0 Å². The van der Waals surface area contributed by atoms with Gasteiger partial charge >= 0.3 is 5.97 Å². The van der Waals surface area contributed by atoms with Crippen LogP contribution in [0.15, 0.2) is 48.5 Å². The third-order valence-corrected chi connectivity index (χ3v) is 10.1. The first kappa shape index (κ1) is 29.8. The lowest BCUT2D eigenvalue weighted by Crippen LogP contribution is -2.57. The Balaban J connectivity index is 1.83. The number of halogens is 2. The van der Waals surface area contributed by atoms with E-state index in [9.17, 15) is 18.0 Å². The van der Waals surface area contributed by atoms with Gasteiger partial charge in [-0.05, 0) is 61.6 Å². The van der Waals surface area contributed by atoms with Crippen LogP contribution in [0.3, 0.4) is 0 Å². The number of sulfonamides is 1. The van der Waals surface area contributed by atoms with E-state index in [0.717, 1.165) is 18.4 Å². The fraction of sp³-hybridized carbons (Fsp3) is 0.500. The molecule has 2 fully saturated rings. The SMILES string of the molecule is CCC(CS(=O)(=O)N1CCCC1C)N1C(=O)[C@@H](CC(=O)OC)O[C@H](c2cccc(Cl)c2)[C@H]1c1ccc(Cl)cc1. The lowest BCUT2D eigenvalue weighted by atomic mass is 9.89. The van der Waals surface area contributed by atoms with Crippen molar-refractivity contribution in [2.45, 2.75) is 69.9 Å². The van der Waals surface area contributed by atoms with Crippen LogP contribution in [0.5, 0.6) is 0 Å². The predicted octanol–water partition coefficient (Wildman–Crippen LogP) is 5.16. The van der Waals surface area contributed by atoms with Crippen LogP contribution in [0.4, 0.5) is 0 Å². The van der Waals surface area contributed by atoms with Crippen molar-refractivity contribution in [1.82, 2.24) is 9.21 Å². The van der Waals surface area contributed by atoms with Gasteiger partial charge in [0.1, 0.15) is 12.2 Å². The number of rotatable bonds is 9. The maximum atomic E-state index is 14.1. The van der Waals surface area contributed by atoms with E-state index < -0.39 is 46.2 Å². The van der Waals surface area contributed by atoms with E-state index in [-0.39, 0.29) is 18.2 Å². The third-order valence-electron chi connectivity index (χ3n) is 7.51. The Morgan fingerprint density at radius 2 is 1.85 bits per heavy atom. The van der Waals surface area contributed by atoms with Gasteiger partial charge in [0, 0.05) is 28.7 Å². The van der Waals surface area contributed by atoms with Crippen LogP contribution in [0.1, 0.15) is 62.8 Å². The molecule has 1 amide bonds. The second-order valence-corrected chi connectivity index (χ2v) is 12.9. The van der Waals surface area contributed by atoms with Crippen molar-refractivity contribution < 1.29 is 27.5 Å². The van der Waals surface area contributed by atoms with E-state index in [4.69, 9.17) is 32.7 Å². The van der Waals surface area contributed by atoms with Crippen molar-refractivity contribution in [2.24, 2.45) is 0 Å². The predicted molar refractivity (Wildman–Crippen MR) is 150 cm³/mol. The summed E-state index contributed by atoms with van der Waals surface area (Å²) in [6.07, 6.45) is -0.212. The van der Waals surface area contributed by atoms with Gasteiger partial charge in [-0.2, -0.15) is 4.31 Å². The number of carbonyl (C=O) groups excluding carboxylic acids is 2. The van der Waals surface area contributed by atoms with Gasteiger partial charge in [0.05, 0.1) is 25.3 Å². The number of hydrogen-bond donors (Lipinski definition) is 0. The number of methoxy groups -OCH3 is 1. The zero-order valence-corrected chi connectivity index (χ0v) is 24.6. The molecule has 2 aliphatic rings. The number of hydrogen-bond acceptors (Lipinski definition) is 6. The minimum absolute atomic E-state index is 0.0914. The molecule has 4 rings (SSSR count). The van der Waals surface area contributed by atoms with Crippen LogP contribution >= 0.6 is 23.2 Å². The number of nitrogens with zero attached hydrogens (tertiary/aromatic N) is 2. The molecule has 5 atom stereocenters. The summed E-state index contributed by atoms with van der Waals surface area (Å²) in [5.41, 5.74) is 1.42. The first-order valence-corrected chi connectivity index (χ1v) is 15.5. The van der Waals surface area contributed by atoms with Gasteiger partial charge in [-0.25, -0.2) is 8.42 Å². The van der Waals surface area contributed by atoms with Crippen molar-refractivity contribution >= 4 is 45.1 Å². The average Bonchev–Trinajstić information content (AvgIpc) is 3.35. The molecule has 11 heteroatoms. The molecule has 2 saturated heterocycles. The lowest BCUT2D eigenvalue weighted by Gasteiger charge is -2.48. The van der Waals surface area contributed by atoms with E-state index in [0.29, 0.717) is 28.6 Å². The fourth-order valence-electron chi connectivity index (χ4n) is 5.53. The number of benzene rings is 2. The van der Waals surface area contributed by atoms with E-state index in [2.05, 4.69) is 0 Å². The topological polar surface area (TPSA) is 93.2 Å². The van der Waals surface area contributed by atoms with Crippen LogP contribution in [0.2, 0.25) is 10.0 Å². The van der Waals surface area contributed by atoms with Crippen LogP contribution in [-0.4, -0.2) is 67.1 Å². The smallest absolute Gasteiger partial charge is 0.308 e. The van der Waals surface area contributed by atoms with Gasteiger partial charge in [-0.3, -0.25) is 9.59 Å². The molecule has 2 aromatic rings. The molecule has 0 aliphatic carbocycles. The summed E-state index contributed by atoms with van der Waals surface area (Å²) in [5, 5.41) is 1.01. The molecule has 2 heterocycles. The highest BCUT2D eigenvalue weighted by Crippen LogP contribution is 2.45. The number of ether oxygens (including phenoxy) is 2. The Bertz CT molecular complexity index is 1290. The normalized spacial score (nSPS) is 25.1. The number of esters is 1. The zero-order valence-electron chi connectivity index (χ0n) is 22.3. The summed E-state index contributed by atoms with van der Waals surface area (Å²) in [6.45, 7) is 4.23. The monoisotopic (exact) mass is 596 g/mol. The molecule has 2 aromatic carbocycles. The van der Waals surface area contributed by atoms with Crippen molar-refractivity contribution in [3.63, 3.8) is 0 Å². The van der Waals surface area contributed by atoms with Crippen LogP contribution < -0.4 is 0 Å². The van der Waals surface area contributed by atoms with Crippen LogP contribution in [-0.2, 0) is 29.1 Å². The summed E-state index contributed by atoms with van der Waals surface area (Å²) >= 11 is 12.5. The third kappa shape index (κ3) is 6.60. The molecular weight excluding hydrogens is 563 g/mol. The van der Waals surface area contributed by atoms with Crippen LogP contribution in [0.25, 0.3) is 0 Å². The quantitative estimate of drug-likeness (QED) is 0.371. The minimum Gasteiger partial charge on any atom is -0.469 e. The largest absolute Gasteiger partial charge is 0.469 e. The Hall–Kier alpha value is -2.17. The number of morpholine rings is 1. The van der Waals surface area contributed by atoms with Gasteiger partial charge < -0.3 is 14.4 Å². The summed E-state index contributed by atoms with van der Waals surface area (Å²) in [6, 6.07) is 12.7. The minimum atomic E-state index is -3.67. The Morgan fingerprint density at radius 3 is 2.44 bits per heavy atom. The van der Waals surface area contributed by atoms with Crippen molar-refractivity contribution in [2.75, 3.05) is 19.4 Å². The van der Waals surface area contributed by atoms with Gasteiger partial charge in [-0.15, -0.1) is 0 Å². The summed E-state index contributed by atoms with van der Waals surface area (Å²) < 4.78 is 39.9. The molecule has 212 valence electrons. The Labute approximate surface area is 240 Å². The molecule has 39 heavy (non-hydrogen) atoms. The standard InChI is InChI=1S/C28H34Cl2N2O6S/c1-4-23(17-39(35,36)31-14-6-7-18(31)2)32-26(19-10-12-21(29)13-11-19)27(20-8-5-9-22(30)15-20)38-24(28(32)34)16-25(33)37-3/h5,8-13,15,18,23-24,26-27H,4,6-7,14,16-17H2,1-3H3/t18?,23?,24-,26-,27-/m1/s1. The van der Waals surface area contributed by atoms with Crippen molar-refractivity contribution in [3.8, 4) is 0 Å². The first-order valence-electron chi connectivity index (χ1n) is 13.1. The van der Waals surface area contributed by atoms with Crippen molar-refractivity contribution in [3.05, 3.63) is 69.7 Å². The molecule has 0 aromatic heterocycles. The second-order valence-electron chi connectivity index (χ2n) is 10.1. The molecule has 2 unspecified atom stereocenters. The maximum Gasteiger partial charge on any atom is 0.308 e. The number of amides is 1. The highest BCUT2D eigenvalue weighted by atomic mass is 35.5. The lowest BCUT2D eigenvalue weighted by molar-refractivity contribution is -0.183. The molecule has 2 aliphatic heterocycles. The Morgan fingerprint density at radius 1 is 1.13 bits per heavy atom. The number of carbonyl (C=O) groups is 2. The fourth-order valence-corrected chi connectivity index (χ4v) is 7.99. The maximum absolute atomic E-state index is 14.1. The molecule has 0 N–H and O–H groups in total. The van der Waals surface area contributed by atoms with Gasteiger partial charge in [0.15, 0.2) is 0 Å². The van der Waals surface area contributed by atoms with E-state index in [1.165, 1.54) is 11.4 Å². The van der Waals surface area contributed by atoms with Gasteiger partial charge in [0.25, 0.3) is 5.91 Å².